The van der Waals surface area contributed by atoms with Gasteiger partial charge in [0.15, 0.2) is 0 Å². The van der Waals surface area contributed by atoms with Crippen LogP contribution in [0.2, 0.25) is 0 Å². The molecule has 2 rings (SSSR count). The first-order valence-corrected chi connectivity index (χ1v) is 7.19. The van der Waals surface area contributed by atoms with Crippen LogP contribution in [0.15, 0.2) is 9.93 Å². The van der Waals surface area contributed by atoms with Crippen molar-refractivity contribution in [2.45, 2.75) is 18.7 Å². The summed E-state index contributed by atoms with van der Waals surface area (Å²) in [5.41, 5.74) is -0.0194. The Hall–Kier alpha value is -0.150. The fourth-order valence-corrected chi connectivity index (χ4v) is 4.34. The zero-order valence-corrected chi connectivity index (χ0v) is 14.2. The number of carbonyl (C=O) groups is 3. The number of β-lactam (4-membered cyclic amide) rings is 1. The van der Waals surface area contributed by atoms with E-state index in [1.807, 2.05) is 0 Å². The normalized spacial score (nSPS) is 20.6. The van der Waals surface area contributed by atoms with Crippen molar-refractivity contribution in [3.05, 3.63) is 9.93 Å². The minimum Gasteiger partial charge on any atom is -0.543 e. The van der Waals surface area contributed by atoms with Crippen LogP contribution >= 0.6 is 23.5 Å². The predicted molar refractivity (Wildman–Crippen MR) is 66.0 cm³/mol. The number of hydrogen-bond acceptors (Lipinski definition) is 6. The van der Waals surface area contributed by atoms with E-state index in [2.05, 4.69) is 5.32 Å². The van der Waals surface area contributed by atoms with Gasteiger partial charge in [0.25, 0.3) is 0 Å². The van der Waals surface area contributed by atoms with Gasteiger partial charge in [-0.05, 0) is 0 Å². The molecule has 0 aromatic carbocycles. The molecule has 0 aromatic rings. The minimum absolute atomic E-state index is 0. The quantitative estimate of drug-likeness (QED) is 0.317. The number of hydrogen-bond donors (Lipinski definition) is 1. The standard InChI is InChI=1S/C10H12N2O4S2.Na/c1-5(13)11-2-3-17-10-8(9(15)16)12-6(14)4-7(12)18-10;/h7H,2-4H2,1H3,(H,11,13)(H,15,16);/q;+1/p-1/t7-;/m0./s1. The van der Waals surface area contributed by atoms with Crippen LogP contribution in [-0.2, 0) is 14.4 Å². The third-order valence-electron chi connectivity index (χ3n) is 2.49. The molecule has 6 nitrogen and oxygen atoms in total. The van der Waals surface area contributed by atoms with Crippen molar-refractivity contribution in [2.24, 2.45) is 0 Å². The largest absolute Gasteiger partial charge is 1.00 e. The number of amides is 2. The van der Waals surface area contributed by atoms with E-state index in [9.17, 15) is 19.5 Å². The van der Waals surface area contributed by atoms with E-state index >= 15 is 0 Å². The van der Waals surface area contributed by atoms with E-state index in [1.54, 1.807) is 0 Å². The van der Waals surface area contributed by atoms with Gasteiger partial charge in [0, 0.05) is 19.2 Å². The Morgan fingerprint density at radius 3 is 2.79 bits per heavy atom. The van der Waals surface area contributed by atoms with Gasteiger partial charge in [-0.15, -0.1) is 11.8 Å². The number of carbonyl (C=O) groups excluding carboxylic acids is 3. The first-order chi connectivity index (χ1) is 8.50. The molecule has 0 radical (unpaired) electrons. The number of carboxylic acid groups (broad SMARTS) is 1. The van der Waals surface area contributed by atoms with Gasteiger partial charge in [-0.2, -0.15) is 0 Å². The van der Waals surface area contributed by atoms with Crippen molar-refractivity contribution in [2.75, 3.05) is 12.3 Å². The van der Waals surface area contributed by atoms with Crippen LogP contribution in [0.1, 0.15) is 13.3 Å². The molecule has 2 aliphatic rings. The molecule has 98 valence electrons. The average molecular weight is 310 g/mol. The van der Waals surface area contributed by atoms with Gasteiger partial charge in [-0.3, -0.25) is 14.5 Å². The molecule has 1 N–H and O–H groups in total. The number of rotatable bonds is 5. The summed E-state index contributed by atoms with van der Waals surface area (Å²) >= 11 is 2.70. The first kappa shape index (κ1) is 16.9. The number of thioether (sulfide) groups is 2. The third kappa shape index (κ3) is 3.69. The molecule has 0 spiro atoms. The van der Waals surface area contributed by atoms with Crippen LogP contribution in [0, 0.1) is 0 Å². The summed E-state index contributed by atoms with van der Waals surface area (Å²) < 4.78 is 0.594. The Morgan fingerprint density at radius 1 is 1.58 bits per heavy atom. The van der Waals surface area contributed by atoms with Crippen molar-refractivity contribution >= 4 is 41.3 Å². The van der Waals surface area contributed by atoms with Gasteiger partial charge in [-0.1, -0.05) is 11.8 Å². The monoisotopic (exact) mass is 310 g/mol. The van der Waals surface area contributed by atoms with Crippen molar-refractivity contribution in [3.8, 4) is 0 Å². The number of nitrogens with zero attached hydrogens (tertiary/aromatic N) is 1. The molecule has 0 aromatic heterocycles. The maximum atomic E-state index is 11.3. The van der Waals surface area contributed by atoms with E-state index in [4.69, 9.17) is 0 Å². The smallest absolute Gasteiger partial charge is 0.543 e. The number of nitrogens with one attached hydrogen (secondary N) is 1. The fourth-order valence-electron chi connectivity index (χ4n) is 1.68. The van der Waals surface area contributed by atoms with Gasteiger partial charge in [0.05, 0.1) is 27.7 Å². The van der Waals surface area contributed by atoms with Gasteiger partial charge in [0.1, 0.15) is 0 Å². The SMILES string of the molecule is CC(=O)NCCSC1=C(C(=O)[O-])N2C(=O)C[C@@H]2S1.[Na+]. The van der Waals surface area contributed by atoms with E-state index in [0.29, 0.717) is 23.0 Å². The summed E-state index contributed by atoms with van der Waals surface area (Å²) in [6, 6.07) is 0. The maximum Gasteiger partial charge on any atom is 1.00 e. The van der Waals surface area contributed by atoms with Crippen LogP contribution in [-0.4, -0.2) is 40.4 Å². The van der Waals surface area contributed by atoms with Crippen molar-refractivity contribution < 1.29 is 49.0 Å². The molecule has 0 saturated carbocycles. The Labute approximate surface area is 141 Å². The summed E-state index contributed by atoms with van der Waals surface area (Å²) in [5, 5.41) is 13.6. The predicted octanol–water partition coefficient (Wildman–Crippen LogP) is -3.92. The molecular formula is C10H11N2NaO4S2. The van der Waals surface area contributed by atoms with Gasteiger partial charge in [-0.25, -0.2) is 0 Å². The summed E-state index contributed by atoms with van der Waals surface area (Å²) in [4.78, 5) is 34.3. The molecule has 2 amide bonds. The Balaban J connectivity index is 0.00000180. The molecule has 0 bridgehead atoms. The van der Waals surface area contributed by atoms with Gasteiger partial charge < -0.3 is 15.2 Å². The van der Waals surface area contributed by atoms with E-state index < -0.39 is 5.97 Å². The van der Waals surface area contributed by atoms with Crippen LogP contribution in [0.3, 0.4) is 0 Å². The molecule has 0 aliphatic carbocycles. The second kappa shape index (κ2) is 7.03. The second-order valence-corrected chi connectivity index (χ2v) is 6.35. The Kier molecular flexibility index (Phi) is 6.25. The van der Waals surface area contributed by atoms with E-state index in [0.717, 1.165) is 0 Å². The Morgan fingerprint density at radius 2 is 2.26 bits per heavy atom. The maximum absolute atomic E-state index is 11.3. The van der Waals surface area contributed by atoms with E-state index in [1.165, 1.54) is 35.3 Å². The number of fused-ring (bicyclic) bond motifs is 1. The van der Waals surface area contributed by atoms with E-state index in [-0.39, 0.29) is 52.4 Å². The zero-order chi connectivity index (χ0) is 13.3. The molecule has 9 heteroatoms. The van der Waals surface area contributed by atoms with Crippen molar-refractivity contribution in [1.29, 1.82) is 0 Å². The van der Waals surface area contributed by atoms with Gasteiger partial charge >= 0.3 is 29.6 Å². The average Bonchev–Trinajstić information content (AvgIpc) is 2.57. The zero-order valence-electron chi connectivity index (χ0n) is 10.6. The molecule has 0 unspecified atom stereocenters. The Bertz CT molecular complexity index is 455. The molecule has 2 heterocycles. The third-order valence-corrected chi connectivity index (χ3v) is 5.05. The van der Waals surface area contributed by atoms with Gasteiger partial charge in [0.2, 0.25) is 11.8 Å². The van der Waals surface area contributed by atoms with Crippen LogP contribution < -0.4 is 40.0 Å². The number of aliphatic carboxylic acids is 1. The van der Waals surface area contributed by atoms with Crippen molar-refractivity contribution in [3.63, 3.8) is 0 Å². The summed E-state index contributed by atoms with van der Waals surface area (Å²) in [7, 11) is 0. The summed E-state index contributed by atoms with van der Waals surface area (Å²) in [6.45, 7) is 1.88. The molecule has 2 aliphatic heterocycles. The fraction of sp³-hybridized carbons (Fsp3) is 0.500. The summed E-state index contributed by atoms with van der Waals surface area (Å²) in [5.74, 6) is -1.06. The van der Waals surface area contributed by atoms with Crippen molar-refractivity contribution in [1.82, 2.24) is 10.2 Å². The molecular weight excluding hydrogens is 299 g/mol. The second-order valence-electron chi connectivity index (χ2n) is 3.80. The summed E-state index contributed by atoms with van der Waals surface area (Å²) in [6.07, 6.45) is 0.372. The topological polar surface area (TPSA) is 89.5 Å². The first-order valence-electron chi connectivity index (χ1n) is 5.32. The number of carboxylic acids is 1. The molecule has 1 fully saturated rings. The molecule has 1 saturated heterocycles. The minimum atomic E-state index is -1.32. The van der Waals surface area contributed by atoms with Crippen LogP contribution in [0.25, 0.3) is 0 Å². The molecule has 19 heavy (non-hydrogen) atoms. The van der Waals surface area contributed by atoms with Crippen LogP contribution in [0.5, 0.6) is 0 Å². The molecule has 1 atom stereocenters. The van der Waals surface area contributed by atoms with Crippen LogP contribution in [0.4, 0.5) is 0 Å².